The quantitative estimate of drug-likeness (QED) is 0.638. The molecule has 0 saturated carbocycles. The monoisotopic (exact) mass is 324 g/mol. The van der Waals surface area contributed by atoms with Crippen molar-refractivity contribution in [3.8, 4) is 0 Å². The molecule has 1 aliphatic heterocycles. The summed E-state index contributed by atoms with van der Waals surface area (Å²) in [5, 5.41) is 7.33. The fourth-order valence-electron chi connectivity index (χ4n) is 4.17. The lowest BCUT2D eigenvalue weighted by Crippen LogP contribution is -2.22. The highest BCUT2D eigenvalue weighted by Gasteiger charge is 2.44. The lowest BCUT2D eigenvalue weighted by molar-refractivity contribution is 0.597. The Morgan fingerprint density at radius 1 is 0.840 bits per heavy atom. The Kier molecular flexibility index (Phi) is 3.24. The molecule has 122 valence electrons. The zero-order valence-corrected chi connectivity index (χ0v) is 14.3. The van der Waals surface area contributed by atoms with Crippen molar-refractivity contribution >= 4 is 11.4 Å². The van der Waals surface area contributed by atoms with Crippen LogP contribution < -0.4 is 5.01 Å². The van der Waals surface area contributed by atoms with Crippen molar-refractivity contribution < 1.29 is 0 Å². The van der Waals surface area contributed by atoms with Crippen LogP contribution in [0.3, 0.4) is 0 Å². The molecule has 1 aliphatic carbocycles. The van der Waals surface area contributed by atoms with E-state index >= 15 is 0 Å². The molecule has 3 aromatic carbocycles. The van der Waals surface area contributed by atoms with Gasteiger partial charge in [-0.1, -0.05) is 72.3 Å². The van der Waals surface area contributed by atoms with Crippen LogP contribution in [0, 0.1) is 12.8 Å². The number of hydrogen-bond acceptors (Lipinski definition) is 2. The van der Waals surface area contributed by atoms with Crippen molar-refractivity contribution in [2.75, 3.05) is 5.01 Å². The van der Waals surface area contributed by atoms with E-state index in [-0.39, 0.29) is 0 Å². The fraction of sp³-hybridized carbons (Fsp3) is 0.174. The van der Waals surface area contributed by atoms with Gasteiger partial charge < -0.3 is 0 Å². The number of aryl methyl sites for hydroxylation is 1. The van der Waals surface area contributed by atoms with Crippen LogP contribution in [0.2, 0.25) is 0 Å². The van der Waals surface area contributed by atoms with E-state index in [2.05, 4.69) is 90.8 Å². The van der Waals surface area contributed by atoms with Gasteiger partial charge in [0.2, 0.25) is 0 Å². The van der Waals surface area contributed by atoms with Crippen LogP contribution in [0.25, 0.3) is 0 Å². The highest BCUT2D eigenvalue weighted by atomic mass is 15.5. The second-order valence-corrected chi connectivity index (χ2v) is 6.99. The van der Waals surface area contributed by atoms with Gasteiger partial charge in [-0.25, -0.2) is 0 Å². The summed E-state index contributed by atoms with van der Waals surface area (Å²) in [6.07, 6.45) is 1.07. The van der Waals surface area contributed by atoms with E-state index in [1.165, 1.54) is 33.7 Å². The molecule has 5 rings (SSSR count). The molecular formula is C23H20N2. The first-order chi connectivity index (χ1) is 12.3. The first-order valence-corrected chi connectivity index (χ1v) is 8.89. The van der Waals surface area contributed by atoms with E-state index in [4.69, 9.17) is 5.10 Å². The predicted molar refractivity (Wildman–Crippen MR) is 103 cm³/mol. The summed E-state index contributed by atoms with van der Waals surface area (Å²) in [6, 6.07) is 28.5. The fourth-order valence-corrected chi connectivity index (χ4v) is 4.17. The second-order valence-electron chi connectivity index (χ2n) is 6.99. The summed E-state index contributed by atoms with van der Waals surface area (Å²) in [6.45, 7) is 2.13. The first-order valence-electron chi connectivity index (χ1n) is 8.89. The average Bonchev–Trinajstić information content (AvgIpc) is 3.20. The zero-order valence-electron chi connectivity index (χ0n) is 14.3. The van der Waals surface area contributed by atoms with Gasteiger partial charge in [0.25, 0.3) is 0 Å². The third kappa shape index (κ3) is 2.29. The molecule has 0 fully saturated rings. The maximum absolute atomic E-state index is 5.09. The molecule has 2 aliphatic rings. The molecule has 0 aromatic heterocycles. The van der Waals surface area contributed by atoms with Crippen LogP contribution in [0.4, 0.5) is 5.69 Å². The molecule has 3 aromatic rings. The van der Waals surface area contributed by atoms with Crippen LogP contribution in [-0.4, -0.2) is 5.71 Å². The van der Waals surface area contributed by atoms with E-state index in [0.717, 1.165) is 6.42 Å². The smallest absolute Gasteiger partial charge is 0.0865 e. The number of hydrazone groups is 1. The zero-order chi connectivity index (χ0) is 16.8. The molecule has 1 heterocycles. The number of hydrogen-bond donors (Lipinski definition) is 0. The lowest BCUT2D eigenvalue weighted by Gasteiger charge is -2.24. The SMILES string of the molecule is Cc1ccc(N2N=C(c3ccccc3)[C@@H]3Cc4ccccc4[C@@H]32)cc1. The molecule has 0 amide bonds. The normalized spacial score (nSPS) is 21.0. The molecule has 0 spiro atoms. The van der Waals surface area contributed by atoms with Crippen LogP contribution in [0.15, 0.2) is 84.0 Å². The molecule has 0 unspecified atom stereocenters. The maximum atomic E-state index is 5.09. The number of fused-ring (bicyclic) bond motifs is 3. The molecule has 2 nitrogen and oxygen atoms in total. The molecule has 2 heteroatoms. The number of rotatable bonds is 2. The van der Waals surface area contributed by atoms with Crippen LogP contribution in [0.5, 0.6) is 0 Å². The Labute approximate surface area is 148 Å². The molecule has 0 bridgehead atoms. The summed E-state index contributed by atoms with van der Waals surface area (Å²) in [5.74, 6) is 0.418. The highest BCUT2D eigenvalue weighted by Crippen LogP contribution is 2.47. The van der Waals surface area contributed by atoms with Crippen LogP contribution >= 0.6 is 0 Å². The topological polar surface area (TPSA) is 15.6 Å². The lowest BCUT2D eigenvalue weighted by atomic mass is 9.92. The largest absolute Gasteiger partial charge is 0.257 e. The predicted octanol–water partition coefficient (Wildman–Crippen LogP) is 5.13. The second kappa shape index (κ2) is 5.59. The number of benzene rings is 3. The maximum Gasteiger partial charge on any atom is 0.0865 e. The van der Waals surface area contributed by atoms with Gasteiger partial charge in [0.15, 0.2) is 0 Å². The van der Waals surface area contributed by atoms with E-state index < -0.39 is 0 Å². The van der Waals surface area contributed by atoms with E-state index in [9.17, 15) is 0 Å². The Morgan fingerprint density at radius 3 is 2.36 bits per heavy atom. The van der Waals surface area contributed by atoms with Crippen LogP contribution in [0.1, 0.15) is 28.3 Å². The van der Waals surface area contributed by atoms with Gasteiger partial charge in [0, 0.05) is 5.92 Å². The minimum Gasteiger partial charge on any atom is -0.257 e. The van der Waals surface area contributed by atoms with Gasteiger partial charge >= 0.3 is 0 Å². The molecule has 25 heavy (non-hydrogen) atoms. The Balaban J connectivity index is 1.65. The third-order valence-corrected chi connectivity index (χ3v) is 5.39. The summed E-state index contributed by atoms with van der Waals surface area (Å²) >= 11 is 0. The summed E-state index contributed by atoms with van der Waals surface area (Å²) in [4.78, 5) is 0. The Morgan fingerprint density at radius 2 is 1.56 bits per heavy atom. The van der Waals surface area contributed by atoms with E-state index in [1.54, 1.807) is 0 Å². The summed E-state index contributed by atoms with van der Waals surface area (Å²) in [7, 11) is 0. The van der Waals surface area contributed by atoms with E-state index in [0.29, 0.717) is 12.0 Å². The van der Waals surface area contributed by atoms with Crippen molar-refractivity contribution in [2.45, 2.75) is 19.4 Å². The minimum atomic E-state index is 0.300. The van der Waals surface area contributed by atoms with Crippen molar-refractivity contribution in [1.29, 1.82) is 0 Å². The first kappa shape index (κ1) is 14.5. The molecule has 0 N–H and O–H groups in total. The Bertz CT molecular complexity index is 941. The molecule has 0 saturated heterocycles. The van der Waals surface area contributed by atoms with Gasteiger partial charge in [-0.2, -0.15) is 5.10 Å². The van der Waals surface area contributed by atoms with E-state index in [1.807, 2.05) is 0 Å². The van der Waals surface area contributed by atoms with Gasteiger partial charge in [-0.15, -0.1) is 0 Å². The van der Waals surface area contributed by atoms with Crippen molar-refractivity contribution in [3.63, 3.8) is 0 Å². The van der Waals surface area contributed by atoms with Gasteiger partial charge in [-0.05, 0) is 42.2 Å². The summed E-state index contributed by atoms with van der Waals surface area (Å²) in [5.41, 5.74) is 7.77. The number of anilines is 1. The van der Waals surface area contributed by atoms with Gasteiger partial charge in [-0.3, -0.25) is 5.01 Å². The standard InChI is InChI=1S/C23H20N2/c1-16-11-13-19(14-12-16)25-23-20-10-6-5-9-18(20)15-21(23)22(24-25)17-7-3-2-4-8-17/h2-14,21,23H,15H2,1H3/t21-,23-/m0/s1. The Hall–Kier alpha value is -2.87. The summed E-state index contributed by atoms with van der Waals surface area (Å²) < 4.78 is 0. The molecular weight excluding hydrogens is 304 g/mol. The average molecular weight is 324 g/mol. The third-order valence-electron chi connectivity index (χ3n) is 5.39. The van der Waals surface area contributed by atoms with Gasteiger partial charge in [0.05, 0.1) is 17.4 Å². The molecule has 2 atom stereocenters. The molecule has 0 radical (unpaired) electrons. The van der Waals surface area contributed by atoms with Crippen molar-refractivity contribution in [1.82, 2.24) is 0 Å². The van der Waals surface area contributed by atoms with Gasteiger partial charge in [0.1, 0.15) is 0 Å². The van der Waals surface area contributed by atoms with Crippen molar-refractivity contribution in [2.24, 2.45) is 11.0 Å². The highest BCUT2D eigenvalue weighted by molar-refractivity contribution is 6.05. The van der Waals surface area contributed by atoms with Crippen LogP contribution in [-0.2, 0) is 6.42 Å². The van der Waals surface area contributed by atoms with Crippen molar-refractivity contribution in [3.05, 3.63) is 101 Å². The number of nitrogens with zero attached hydrogens (tertiary/aromatic N) is 2. The minimum absolute atomic E-state index is 0.300.